The van der Waals surface area contributed by atoms with Crippen LogP contribution < -0.4 is 10.6 Å². The molecule has 1 aromatic carbocycles. The Labute approximate surface area is 108 Å². The third-order valence-electron chi connectivity index (χ3n) is 2.88. The summed E-state index contributed by atoms with van der Waals surface area (Å²) in [5.74, 6) is -0.217. The van der Waals surface area contributed by atoms with Crippen LogP contribution in [0.5, 0.6) is 0 Å². The van der Waals surface area contributed by atoms with Crippen LogP contribution in [0.4, 0.5) is 4.39 Å². The first-order valence-electron chi connectivity index (χ1n) is 6.30. The van der Waals surface area contributed by atoms with Gasteiger partial charge in [-0.1, -0.05) is 19.1 Å². The molecular weight excluding hydrogens is 231 g/mol. The largest absolute Gasteiger partial charge is 0.355 e. The maximum atomic E-state index is 13.0. The number of amides is 1. The molecule has 0 saturated heterocycles. The first-order chi connectivity index (χ1) is 8.63. The van der Waals surface area contributed by atoms with Crippen molar-refractivity contribution in [2.24, 2.45) is 5.92 Å². The summed E-state index contributed by atoms with van der Waals surface area (Å²) in [7, 11) is 1.85. The number of rotatable bonds is 7. The zero-order valence-electron chi connectivity index (χ0n) is 11.0. The topological polar surface area (TPSA) is 41.1 Å². The van der Waals surface area contributed by atoms with Gasteiger partial charge in [0.1, 0.15) is 5.82 Å². The summed E-state index contributed by atoms with van der Waals surface area (Å²) in [6.45, 7) is 3.30. The van der Waals surface area contributed by atoms with E-state index in [2.05, 4.69) is 10.6 Å². The van der Waals surface area contributed by atoms with Crippen LogP contribution in [-0.4, -0.2) is 26.0 Å². The summed E-state index contributed by atoms with van der Waals surface area (Å²) in [5, 5.41) is 5.83. The first-order valence-corrected chi connectivity index (χ1v) is 6.30. The van der Waals surface area contributed by atoms with E-state index in [-0.39, 0.29) is 17.6 Å². The Bertz CT molecular complexity index is 382. The van der Waals surface area contributed by atoms with Crippen LogP contribution in [0.15, 0.2) is 24.3 Å². The first kappa shape index (κ1) is 14.6. The third-order valence-corrected chi connectivity index (χ3v) is 2.88. The molecule has 1 atom stereocenters. The van der Waals surface area contributed by atoms with E-state index in [0.29, 0.717) is 6.54 Å². The highest BCUT2D eigenvalue weighted by atomic mass is 19.1. The van der Waals surface area contributed by atoms with Crippen molar-refractivity contribution in [3.8, 4) is 0 Å². The minimum Gasteiger partial charge on any atom is -0.355 e. The number of hydrogen-bond donors (Lipinski definition) is 2. The molecule has 4 heteroatoms. The lowest BCUT2D eigenvalue weighted by atomic mass is 10.0. The van der Waals surface area contributed by atoms with Gasteiger partial charge in [-0.05, 0) is 37.6 Å². The van der Waals surface area contributed by atoms with Gasteiger partial charge in [0, 0.05) is 19.0 Å². The highest BCUT2D eigenvalue weighted by molar-refractivity contribution is 5.78. The molecule has 0 fully saturated rings. The molecule has 0 aromatic heterocycles. The number of halogens is 1. The molecule has 0 saturated carbocycles. The lowest BCUT2D eigenvalue weighted by molar-refractivity contribution is -0.124. The predicted octanol–water partition coefficient (Wildman–Crippen LogP) is 1.73. The van der Waals surface area contributed by atoms with Crippen LogP contribution in [0.2, 0.25) is 0 Å². The van der Waals surface area contributed by atoms with Crippen LogP contribution in [0.1, 0.15) is 18.9 Å². The lowest BCUT2D eigenvalue weighted by Crippen LogP contribution is -2.34. The Morgan fingerprint density at radius 1 is 1.39 bits per heavy atom. The van der Waals surface area contributed by atoms with E-state index in [4.69, 9.17) is 0 Å². The van der Waals surface area contributed by atoms with Gasteiger partial charge in [-0.3, -0.25) is 4.79 Å². The molecule has 18 heavy (non-hydrogen) atoms. The second-order valence-corrected chi connectivity index (χ2v) is 4.46. The SMILES string of the molecule is CNCCNC(=O)C(C)CCc1cccc(F)c1. The van der Waals surface area contributed by atoms with Crippen LogP contribution in [0, 0.1) is 11.7 Å². The summed E-state index contributed by atoms with van der Waals surface area (Å²) in [6, 6.07) is 6.53. The Kier molecular flexibility index (Phi) is 6.36. The molecule has 100 valence electrons. The molecule has 1 aromatic rings. The fourth-order valence-electron chi connectivity index (χ4n) is 1.69. The van der Waals surface area contributed by atoms with Crippen LogP contribution in [-0.2, 0) is 11.2 Å². The predicted molar refractivity (Wildman–Crippen MR) is 70.8 cm³/mol. The summed E-state index contributed by atoms with van der Waals surface area (Å²) in [4.78, 5) is 11.7. The number of hydrogen-bond acceptors (Lipinski definition) is 2. The van der Waals surface area contributed by atoms with Crippen molar-refractivity contribution in [2.75, 3.05) is 20.1 Å². The van der Waals surface area contributed by atoms with Crippen LogP contribution in [0.25, 0.3) is 0 Å². The van der Waals surface area contributed by atoms with Crippen LogP contribution in [0.3, 0.4) is 0 Å². The van der Waals surface area contributed by atoms with E-state index >= 15 is 0 Å². The van der Waals surface area contributed by atoms with Gasteiger partial charge in [-0.2, -0.15) is 0 Å². The number of carbonyl (C=O) groups is 1. The fourth-order valence-corrected chi connectivity index (χ4v) is 1.69. The van der Waals surface area contributed by atoms with Crippen molar-refractivity contribution in [3.63, 3.8) is 0 Å². The number of aryl methyl sites for hydroxylation is 1. The number of benzene rings is 1. The quantitative estimate of drug-likeness (QED) is 0.726. The van der Waals surface area contributed by atoms with Gasteiger partial charge in [0.25, 0.3) is 0 Å². The average Bonchev–Trinajstić information content (AvgIpc) is 2.36. The van der Waals surface area contributed by atoms with Crippen molar-refractivity contribution in [3.05, 3.63) is 35.6 Å². The summed E-state index contributed by atoms with van der Waals surface area (Å²) in [5.41, 5.74) is 0.935. The highest BCUT2D eigenvalue weighted by Crippen LogP contribution is 2.11. The second-order valence-electron chi connectivity index (χ2n) is 4.46. The number of carbonyl (C=O) groups excluding carboxylic acids is 1. The number of likely N-dealkylation sites (N-methyl/N-ethyl adjacent to an activating group) is 1. The van der Waals surface area contributed by atoms with Gasteiger partial charge in [-0.25, -0.2) is 4.39 Å². The molecule has 0 aliphatic heterocycles. The molecule has 2 N–H and O–H groups in total. The van der Waals surface area contributed by atoms with E-state index in [1.165, 1.54) is 12.1 Å². The molecule has 0 aliphatic rings. The third kappa shape index (κ3) is 5.27. The minimum atomic E-state index is -0.223. The fraction of sp³-hybridized carbons (Fsp3) is 0.500. The normalized spacial score (nSPS) is 12.2. The van der Waals surface area contributed by atoms with Gasteiger partial charge < -0.3 is 10.6 Å². The zero-order chi connectivity index (χ0) is 13.4. The maximum Gasteiger partial charge on any atom is 0.222 e. The van der Waals surface area contributed by atoms with Crippen molar-refractivity contribution in [2.45, 2.75) is 19.8 Å². The Balaban J connectivity index is 2.32. The highest BCUT2D eigenvalue weighted by Gasteiger charge is 2.12. The Hall–Kier alpha value is -1.42. The standard InChI is InChI=1S/C14H21FN2O/c1-11(14(18)17-9-8-16-2)6-7-12-4-3-5-13(15)10-12/h3-5,10-11,16H,6-9H2,1-2H3,(H,17,18). The summed E-state index contributed by atoms with van der Waals surface area (Å²) in [6.07, 6.45) is 1.45. The molecule has 1 amide bonds. The molecule has 0 spiro atoms. The molecule has 0 heterocycles. The van der Waals surface area contributed by atoms with Crippen molar-refractivity contribution in [1.82, 2.24) is 10.6 Å². The van der Waals surface area contributed by atoms with Crippen LogP contribution >= 0.6 is 0 Å². The smallest absolute Gasteiger partial charge is 0.222 e. The lowest BCUT2D eigenvalue weighted by Gasteiger charge is -2.12. The maximum absolute atomic E-state index is 13.0. The van der Waals surface area contributed by atoms with E-state index in [1.807, 2.05) is 20.0 Å². The van der Waals surface area contributed by atoms with Gasteiger partial charge >= 0.3 is 0 Å². The molecule has 0 bridgehead atoms. The van der Waals surface area contributed by atoms with Gasteiger partial charge in [-0.15, -0.1) is 0 Å². The molecule has 1 unspecified atom stereocenters. The average molecular weight is 252 g/mol. The van der Waals surface area contributed by atoms with Gasteiger partial charge in [0.2, 0.25) is 5.91 Å². The molecule has 0 aliphatic carbocycles. The summed E-state index contributed by atoms with van der Waals surface area (Å²) >= 11 is 0. The van der Waals surface area contributed by atoms with Gasteiger partial charge in [0.05, 0.1) is 0 Å². The number of nitrogens with one attached hydrogen (secondary N) is 2. The van der Waals surface area contributed by atoms with Gasteiger partial charge in [0.15, 0.2) is 0 Å². The molecule has 1 rings (SSSR count). The van der Waals surface area contributed by atoms with Crippen molar-refractivity contribution in [1.29, 1.82) is 0 Å². The molecule has 0 radical (unpaired) electrons. The molecular formula is C14H21FN2O. The van der Waals surface area contributed by atoms with Crippen molar-refractivity contribution >= 4 is 5.91 Å². The molecule has 3 nitrogen and oxygen atoms in total. The van der Waals surface area contributed by atoms with E-state index in [9.17, 15) is 9.18 Å². The minimum absolute atomic E-state index is 0.0508. The van der Waals surface area contributed by atoms with E-state index in [1.54, 1.807) is 6.07 Å². The summed E-state index contributed by atoms with van der Waals surface area (Å²) < 4.78 is 13.0. The zero-order valence-corrected chi connectivity index (χ0v) is 11.0. The second kappa shape index (κ2) is 7.82. The monoisotopic (exact) mass is 252 g/mol. The van der Waals surface area contributed by atoms with Crippen molar-refractivity contribution < 1.29 is 9.18 Å². The Morgan fingerprint density at radius 2 is 2.17 bits per heavy atom. The van der Waals surface area contributed by atoms with E-state index < -0.39 is 0 Å². The van der Waals surface area contributed by atoms with E-state index in [0.717, 1.165) is 24.9 Å². The Morgan fingerprint density at radius 3 is 2.83 bits per heavy atom.